The van der Waals surface area contributed by atoms with Crippen LogP contribution in [0, 0.1) is 34.9 Å². The number of hydrogen-bond donors (Lipinski definition) is 1. The minimum Gasteiger partial charge on any atom is -0.506 e. The summed E-state index contributed by atoms with van der Waals surface area (Å²) in [5.41, 5.74) is 1.18. The molecule has 1 amide bonds. The standard InChI is InChI=1S/C18H17FN4O2S.C7H3Br2NO/c1-4-5-22-13-7-12(11(19)6-14(13)25-9-16(22)24)20-17-23-10-18(2,3)8-15(23)21-26-17;8-5-1-4(3-10)2-6(9)7(5)11/h1,6-7H,5,8-10H2,2-3H3;1-2,11H/b20-17-;. The van der Waals surface area contributed by atoms with Crippen LogP contribution in [-0.2, 0) is 17.8 Å². The number of hydrogen-bond acceptors (Lipinski definition) is 7. The van der Waals surface area contributed by atoms with Gasteiger partial charge in [0.2, 0.25) is 4.80 Å². The zero-order valence-corrected chi connectivity index (χ0v) is 23.7. The van der Waals surface area contributed by atoms with E-state index in [0.717, 1.165) is 18.8 Å². The van der Waals surface area contributed by atoms with Crippen LogP contribution >= 0.6 is 43.4 Å². The highest BCUT2D eigenvalue weighted by atomic mass is 79.9. The van der Waals surface area contributed by atoms with Gasteiger partial charge in [-0.3, -0.25) is 9.69 Å². The molecule has 1 aromatic heterocycles. The Balaban J connectivity index is 0.000000245. The number of halogens is 3. The van der Waals surface area contributed by atoms with Crippen molar-refractivity contribution in [1.29, 1.82) is 5.26 Å². The minimum absolute atomic E-state index is 0.0964. The van der Waals surface area contributed by atoms with E-state index in [9.17, 15) is 14.3 Å². The van der Waals surface area contributed by atoms with E-state index >= 15 is 0 Å². The Labute approximate surface area is 233 Å². The average Bonchev–Trinajstić information content (AvgIpc) is 3.35. The van der Waals surface area contributed by atoms with Gasteiger partial charge in [0.1, 0.15) is 23.0 Å². The zero-order chi connectivity index (χ0) is 26.9. The predicted octanol–water partition coefficient (Wildman–Crippen LogP) is 5.05. The highest BCUT2D eigenvalue weighted by Gasteiger charge is 2.31. The lowest BCUT2D eigenvalue weighted by Gasteiger charge is -2.28. The topological polar surface area (TPSA) is 104 Å². The number of aromatic nitrogens is 2. The van der Waals surface area contributed by atoms with Crippen LogP contribution in [-0.4, -0.2) is 33.1 Å². The summed E-state index contributed by atoms with van der Waals surface area (Å²) in [6, 6.07) is 7.83. The number of terminal acetylenes is 1. The summed E-state index contributed by atoms with van der Waals surface area (Å²) >= 11 is 7.45. The molecule has 0 unspecified atom stereocenters. The monoisotopic (exact) mass is 647 g/mol. The second kappa shape index (κ2) is 10.7. The summed E-state index contributed by atoms with van der Waals surface area (Å²) < 4.78 is 27.4. The molecule has 1 N–H and O–H groups in total. The maximum absolute atomic E-state index is 14.5. The first-order valence-corrected chi connectivity index (χ1v) is 13.3. The number of anilines is 1. The molecule has 0 saturated heterocycles. The molecule has 5 rings (SSSR count). The summed E-state index contributed by atoms with van der Waals surface area (Å²) in [4.78, 5) is 18.6. The van der Waals surface area contributed by atoms with E-state index < -0.39 is 5.82 Å². The van der Waals surface area contributed by atoms with Gasteiger partial charge in [0, 0.05) is 30.6 Å². The fourth-order valence-corrected chi connectivity index (χ4v) is 5.82. The lowest BCUT2D eigenvalue weighted by Crippen LogP contribution is -2.39. The number of nitrogens with zero attached hydrogens (tertiary/aromatic N) is 5. The molecule has 37 heavy (non-hydrogen) atoms. The van der Waals surface area contributed by atoms with Gasteiger partial charge < -0.3 is 14.4 Å². The van der Waals surface area contributed by atoms with Crippen LogP contribution in [0.3, 0.4) is 0 Å². The molecule has 0 bridgehead atoms. The van der Waals surface area contributed by atoms with Gasteiger partial charge in [0.05, 0.1) is 32.8 Å². The number of benzene rings is 2. The van der Waals surface area contributed by atoms with Crippen LogP contribution in [0.5, 0.6) is 11.5 Å². The largest absolute Gasteiger partial charge is 0.506 e. The van der Waals surface area contributed by atoms with Gasteiger partial charge in [-0.1, -0.05) is 19.8 Å². The lowest BCUT2D eigenvalue weighted by atomic mass is 9.92. The third-order valence-corrected chi connectivity index (χ3v) is 7.57. The van der Waals surface area contributed by atoms with Crippen LogP contribution in [0.2, 0.25) is 0 Å². The molecule has 190 valence electrons. The molecule has 0 radical (unpaired) electrons. The first kappa shape index (κ1) is 26.9. The highest BCUT2D eigenvalue weighted by Crippen LogP contribution is 2.37. The first-order valence-electron chi connectivity index (χ1n) is 10.9. The SMILES string of the molecule is C#CCN1C(=O)COc2cc(F)c(/N=c3\snc4n3CC(C)(C)C4)cc21.N#Cc1cc(Br)c(O)c(Br)c1. The number of rotatable bonds is 2. The van der Waals surface area contributed by atoms with Crippen molar-refractivity contribution in [3.05, 3.63) is 55.2 Å². The number of phenols is 1. The van der Waals surface area contributed by atoms with Crippen molar-refractivity contribution in [3.8, 4) is 29.9 Å². The van der Waals surface area contributed by atoms with E-state index in [4.69, 9.17) is 16.4 Å². The number of amides is 1. The maximum atomic E-state index is 14.5. The molecule has 0 atom stereocenters. The number of ether oxygens (including phenoxy) is 1. The summed E-state index contributed by atoms with van der Waals surface area (Å²) in [7, 11) is 0. The van der Waals surface area contributed by atoms with Gasteiger partial charge in [-0.05, 0) is 55.5 Å². The second-order valence-corrected chi connectivity index (χ2v) is 11.5. The molecule has 0 fully saturated rings. The van der Waals surface area contributed by atoms with E-state index in [2.05, 4.69) is 61.0 Å². The van der Waals surface area contributed by atoms with Gasteiger partial charge in [0.15, 0.2) is 12.4 Å². The van der Waals surface area contributed by atoms with Crippen molar-refractivity contribution in [2.75, 3.05) is 18.1 Å². The summed E-state index contributed by atoms with van der Waals surface area (Å²) in [6.45, 7) is 5.05. The third kappa shape index (κ3) is 5.72. The first-order chi connectivity index (χ1) is 17.5. The quantitative estimate of drug-likeness (QED) is 0.392. The van der Waals surface area contributed by atoms with Gasteiger partial charge in [-0.2, -0.15) is 9.64 Å². The van der Waals surface area contributed by atoms with Crippen molar-refractivity contribution in [3.63, 3.8) is 0 Å². The third-order valence-electron chi connectivity index (χ3n) is 5.58. The molecule has 0 spiro atoms. The van der Waals surface area contributed by atoms with E-state index in [0.29, 0.717) is 30.7 Å². The minimum atomic E-state index is -0.515. The molecule has 3 aromatic rings. The molecule has 0 saturated carbocycles. The Hall–Kier alpha value is -3.19. The number of carbonyl (C=O) groups is 1. The normalized spacial score (nSPS) is 15.6. The molecule has 2 aliphatic rings. The molecule has 2 aromatic carbocycles. The van der Waals surface area contributed by atoms with Crippen LogP contribution in [0.15, 0.2) is 38.2 Å². The zero-order valence-electron chi connectivity index (χ0n) is 19.8. The highest BCUT2D eigenvalue weighted by molar-refractivity contribution is 9.11. The fraction of sp³-hybridized carbons (Fsp3) is 0.280. The van der Waals surface area contributed by atoms with Gasteiger partial charge in [0.25, 0.3) is 5.91 Å². The summed E-state index contributed by atoms with van der Waals surface area (Å²) in [6.07, 6.45) is 6.22. The number of phenolic OH excluding ortho intramolecular Hbond substituents is 1. The van der Waals surface area contributed by atoms with Crippen molar-refractivity contribution in [1.82, 2.24) is 8.94 Å². The Kier molecular flexibility index (Phi) is 7.74. The van der Waals surface area contributed by atoms with E-state index in [1.807, 2.05) is 10.6 Å². The second-order valence-electron chi connectivity index (χ2n) is 9.06. The Morgan fingerprint density at radius 2 is 2.03 bits per heavy atom. The summed E-state index contributed by atoms with van der Waals surface area (Å²) in [5.74, 6) is 3.04. The lowest BCUT2D eigenvalue weighted by molar-refractivity contribution is -0.121. The van der Waals surface area contributed by atoms with E-state index in [1.54, 1.807) is 12.1 Å². The number of aromatic hydroxyl groups is 1. The van der Waals surface area contributed by atoms with Crippen LogP contribution in [0.1, 0.15) is 25.2 Å². The fourth-order valence-electron chi connectivity index (χ4n) is 3.88. The van der Waals surface area contributed by atoms with Crippen molar-refractivity contribution in [2.45, 2.75) is 26.8 Å². The maximum Gasteiger partial charge on any atom is 0.265 e. The van der Waals surface area contributed by atoms with Crippen molar-refractivity contribution in [2.24, 2.45) is 10.4 Å². The van der Waals surface area contributed by atoms with Crippen LogP contribution in [0.4, 0.5) is 15.8 Å². The Bertz CT molecular complexity index is 1530. The van der Waals surface area contributed by atoms with Gasteiger partial charge in [-0.25, -0.2) is 9.38 Å². The molecule has 2 aliphatic heterocycles. The van der Waals surface area contributed by atoms with Crippen molar-refractivity contribution < 1.29 is 19.0 Å². The van der Waals surface area contributed by atoms with E-state index in [-0.39, 0.29) is 35.9 Å². The molecular weight excluding hydrogens is 629 g/mol. The Morgan fingerprint density at radius 3 is 2.68 bits per heavy atom. The van der Waals surface area contributed by atoms with E-state index in [1.165, 1.54) is 28.6 Å². The van der Waals surface area contributed by atoms with Crippen LogP contribution < -0.4 is 14.4 Å². The van der Waals surface area contributed by atoms with Crippen molar-refractivity contribution >= 4 is 60.7 Å². The molecule has 0 aliphatic carbocycles. The molecule has 3 heterocycles. The average molecular weight is 649 g/mol. The predicted molar refractivity (Wildman–Crippen MR) is 144 cm³/mol. The molecular formula is C25H20Br2FN5O3S. The van der Waals surface area contributed by atoms with Gasteiger partial charge in [-0.15, -0.1) is 6.42 Å². The van der Waals surface area contributed by atoms with Crippen LogP contribution in [0.25, 0.3) is 0 Å². The Morgan fingerprint density at radius 1 is 1.32 bits per heavy atom. The molecule has 12 heteroatoms. The smallest absolute Gasteiger partial charge is 0.265 e. The molecule has 8 nitrogen and oxygen atoms in total. The number of nitriles is 1. The number of fused-ring (bicyclic) bond motifs is 2. The summed E-state index contributed by atoms with van der Waals surface area (Å²) in [5, 5.41) is 17.7. The van der Waals surface area contributed by atoms with Gasteiger partial charge >= 0.3 is 0 Å². The number of carbonyl (C=O) groups excluding carboxylic acids is 1.